The average Bonchev–Trinajstić information content (AvgIpc) is 2.84. The molecule has 0 saturated carbocycles. The predicted molar refractivity (Wildman–Crippen MR) is 83.8 cm³/mol. The molecule has 0 aliphatic carbocycles. The van der Waals surface area contributed by atoms with E-state index in [4.69, 9.17) is 0 Å². The van der Waals surface area contributed by atoms with Crippen LogP contribution in [0.5, 0.6) is 0 Å². The summed E-state index contributed by atoms with van der Waals surface area (Å²) in [5.41, 5.74) is 0.174. The third kappa shape index (κ3) is 4.69. The Bertz CT molecular complexity index is 390. The molecule has 1 unspecified atom stereocenters. The highest BCUT2D eigenvalue weighted by Gasteiger charge is 2.38. The van der Waals surface area contributed by atoms with Gasteiger partial charge < -0.3 is 5.32 Å². The number of hydrogen-bond acceptors (Lipinski definition) is 3. The van der Waals surface area contributed by atoms with Crippen LogP contribution < -0.4 is 5.32 Å². The van der Waals surface area contributed by atoms with E-state index in [1.807, 2.05) is 0 Å². The van der Waals surface area contributed by atoms with Crippen molar-refractivity contribution in [1.29, 1.82) is 0 Å². The first-order valence-electron chi connectivity index (χ1n) is 7.61. The molecule has 1 saturated heterocycles. The van der Waals surface area contributed by atoms with E-state index in [1.54, 1.807) is 11.4 Å². The van der Waals surface area contributed by atoms with Gasteiger partial charge in [0, 0.05) is 26.7 Å². The molecule has 1 aliphatic rings. The summed E-state index contributed by atoms with van der Waals surface area (Å²) >= 11 is 0. The fraction of sp³-hybridized carbons (Fsp3) is 1.00. The fourth-order valence-corrected chi connectivity index (χ4v) is 4.02. The average molecular weight is 305 g/mol. The first-order chi connectivity index (χ1) is 9.19. The largest absolute Gasteiger partial charge is 0.317 e. The standard InChI is InChI=1S/C14H31N3O2S/c1-6-15-9-7-10-16(5)20(18,19)17-11-8-13(12-17)14(2,3)4/h13,15H,6-12H2,1-5H3. The first-order valence-corrected chi connectivity index (χ1v) is 9.01. The molecule has 0 spiro atoms. The summed E-state index contributed by atoms with van der Waals surface area (Å²) in [6.45, 7) is 12.3. The van der Waals surface area contributed by atoms with Gasteiger partial charge in [-0.1, -0.05) is 27.7 Å². The Morgan fingerprint density at radius 1 is 1.35 bits per heavy atom. The molecule has 0 amide bonds. The molecule has 120 valence electrons. The summed E-state index contributed by atoms with van der Waals surface area (Å²) in [7, 11) is -1.59. The monoisotopic (exact) mass is 305 g/mol. The summed E-state index contributed by atoms with van der Waals surface area (Å²) in [5, 5.41) is 3.22. The number of hydrogen-bond donors (Lipinski definition) is 1. The van der Waals surface area contributed by atoms with Gasteiger partial charge in [-0.05, 0) is 37.3 Å². The Balaban J connectivity index is 2.52. The van der Waals surface area contributed by atoms with Crippen LogP contribution in [0.25, 0.3) is 0 Å². The Kier molecular flexibility index (Phi) is 6.44. The van der Waals surface area contributed by atoms with Crippen LogP contribution in [0.4, 0.5) is 0 Å². The second-order valence-electron chi connectivity index (χ2n) is 6.75. The molecule has 0 aromatic carbocycles. The van der Waals surface area contributed by atoms with Crippen molar-refractivity contribution in [3.63, 3.8) is 0 Å². The highest BCUT2D eigenvalue weighted by molar-refractivity contribution is 7.86. The molecule has 20 heavy (non-hydrogen) atoms. The Morgan fingerprint density at radius 2 is 2.00 bits per heavy atom. The normalized spacial score (nSPS) is 21.8. The second kappa shape index (κ2) is 7.20. The topological polar surface area (TPSA) is 52.7 Å². The van der Waals surface area contributed by atoms with E-state index in [0.29, 0.717) is 25.6 Å². The molecule has 1 heterocycles. The van der Waals surface area contributed by atoms with E-state index in [2.05, 4.69) is 33.0 Å². The Morgan fingerprint density at radius 3 is 2.50 bits per heavy atom. The molecule has 1 N–H and O–H groups in total. The molecular weight excluding hydrogens is 274 g/mol. The lowest BCUT2D eigenvalue weighted by Crippen LogP contribution is -2.42. The molecule has 0 aromatic rings. The molecule has 5 nitrogen and oxygen atoms in total. The fourth-order valence-electron chi connectivity index (χ4n) is 2.56. The van der Waals surface area contributed by atoms with Crippen LogP contribution in [0.3, 0.4) is 0 Å². The van der Waals surface area contributed by atoms with Crippen LogP contribution in [-0.4, -0.2) is 56.8 Å². The van der Waals surface area contributed by atoms with Crippen molar-refractivity contribution in [3.8, 4) is 0 Å². The van der Waals surface area contributed by atoms with E-state index in [0.717, 1.165) is 25.9 Å². The number of rotatable bonds is 7. The third-order valence-corrected chi connectivity index (χ3v) is 6.13. The van der Waals surface area contributed by atoms with E-state index in [1.165, 1.54) is 4.31 Å². The lowest BCUT2D eigenvalue weighted by molar-refractivity contribution is 0.249. The second-order valence-corrected chi connectivity index (χ2v) is 8.78. The first kappa shape index (κ1) is 17.9. The van der Waals surface area contributed by atoms with Crippen molar-refractivity contribution in [2.45, 2.75) is 40.5 Å². The van der Waals surface area contributed by atoms with Gasteiger partial charge in [0.25, 0.3) is 10.2 Å². The van der Waals surface area contributed by atoms with Crippen molar-refractivity contribution in [2.24, 2.45) is 11.3 Å². The van der Waals surface area contributed by atoms with Crippen LogP contribution in [-0.2, 0) is 10.2 Å². The zero-order chi connectivity index (χ0) is 15.4. The van der Waals surface area contributed by atoms with Crippen molar-refractivity contribution < 1.29 is 8.42 Å². The van der Waals surface area contributed by atoms with Crippen LogP contribution >= 0.6 is 0 Å². The number of nitrogens with one attached hydrogen (secondary N) is 1. The lowest BCUT2D eigenvalue weighted by Gasteiger charge is -2.28. The van der Waals surface area contributed by atoms with Crippen LogP contribution in [0.1, 0.15) is 40.5 Å². The van der Waals surface area contributed by atoms with Crippen LogP contribution in [0.15, 0.2) is 0 Å². The summed E-state index contributed by atoms with van der Waals surface area (Å²) < 4.78 is 28.1. The third-order valence-electron chi connectivity index (χ3n) is 4.17. The van der Waals surface area contributed by atoms with Crippen LogP contribution in [0, 0.1) is 11.3 Å². The van der Waals surface area contributed by atoms with Crippen molar-refractivity contribution in [2.75, 3.05) is 39.8 Å². The molecule has 1 rings (SSSR count). The maximum Gasteiger partial charge on any atom is 0.281 e. The zero-order valence-corrected chi connectivity index (χ0v) is 14.5. The maximum atomic E-state index is 12.5. The summed E-state index contributed by atoms with van der Waals surface area (Å²) in [5.74, 6) is 0.451. The Labute approximate surface area is 124 Å². The van der Waals surface area contributed by atoms with Gasteiger partial charge >= 0.3 is 0 Å². The molecule has 0 bridgehead atoms. The molecule has 0 radical (unpaired) electrons. The maximum absolute atomic E-state index is 12.5. The summed E-state index contributed by atoms with van der Waals surface area (Å²) in [6.07, 6.45) is 1.81. The van der Waals surface area contributed by atoms with Crippen LogP contribution in [0.2, 0.25) is 0 Å². The highest BCUT2D eigenvalue weighted by Crippen LogP contribution is 2.34. The number of nitrogens with zero attached hydrogens (tertiary/aromatic N) is 2. The van der Waals surface area contributed by atoms with Gasteiger partial charge in [0.15, 0.2) is 0 Å². The van der Waals surface area contributed by atoms with E-state index in [9.17, 15) is 8.42 Å². The smallest absolute Gasteiger partial charge is 0.281 e. The van der Waals surface area contributed by atoms with Gasteiger partial charge in [-0.2, -0.15) is 17.0 Å². The zero-order valence-electron chi connectivity index (χ0n) is 13.6. The van der Waals surface area contributed by atoms with E-state index in [-0.39, 0.29) is 5.41 Å². The van der Waals surface area contributed by atoms with E-state index >= 15 is 0 Å². The highest BCUT2D eigenvalue weighted by atomic mass is 32.2. The Hall–Kier alpha value is -0.170. The molecular formula is C14H31N3O2S. The minimum absolute atomic E-state index is 0.174. The molecule has 1 atom stereocenters. The van der Waals surface area contributed by atoms with Crippen molar-refractivity contribution >= 4 is 10.2 Å². The van der Waals surface area contributed by atoms with E-state index < -0.39 is 10.2 Å². The SMILES string of the molecule is CCNCCCN(C)S(=O)(=O)N1CCC(C(C)(C)C)C1. The van der Waals surface area contributed by atoms with Crippen molar-refractivity contribution in [3.05, 3.63) is 0 Å². The quantitative estimate of drug-likeness (QED) is 0.726. The minimum atomic E-state index is -3.28. The summed E-state index contributed by atoms with van der Waals surface area (Å²) in [4.78, 5) is 0. The van der Waals surface area contributed by atoms with Gasteiger partial charge in [-0.25, -0.2) is 0 Å². The van der Waals surface area contributed by atoms with Gasteiger partial charge in [-0.15, -0.1) is 0 Å². The molecule has 1 fully saturated rings. The van der Waals surface area contributed by atoms with Gasteiger partial charge in [0.1, 0.15) is 0 Å². The summed E-state index contributed by atoms with van der Waals surface area (Å²) in [6, 6.07) is 0. The van der Waals surface area contributed by atoms with Gasteiger partial charge in [-0.3, -0.25) is 0 Å². The van der Waals surface area contributed by atoms with Gasteiger partial charge in [0.05, 0.1) is 0 Å². The van der Waals surface area contributed by atoms with Gasteiger partial charge in [0.2, 0.25) is 0 Å². The van der Waals surface area contributed by atoms with Crippen molar-refractivity contribution in [1.82, 2.24) is 13.9 Å². The molecule has 6 heteroatoms. The minimum Gasteiger partial charge on any atom is -0.317 e. The predicted octanol–water partition coefficient (Wildman–Crippen LogP) is 1.53. The lowest BCUT2D eigenvalue weighted by atomic mass is 9.80. The molecule has 1 aliphatic heterocycles. The molecule has 0 aromatic heterocycles.